The van der Waals surface area contributed by atoms with Gasteiger partial charge in [0.25, 0.3) is 0 Å². The standard InChI is InChI=1S/C11H21ClN4OS/c1-8(2)18-7-10(15-13)11-9(12)6-14-16(11)4-5-17-3/h6,8,10,15H,4-5,7,13H2,1-3H3. The Morgan fingerprint density at radius 1 is 1.61 bits per heavy atom. The van der Waals surface area contributed by atoms with Crippen LogP contribution in [0, 0.1) is 0 Å². The lowest BCUT2D eigenvalue weighted by molar-refractivity contribution is 0.182. The molecule has 104 valence electrons. The largest absolute Gasteiger partial charge is 0.383 e. The van der Waals surface area contributed by atoms with E-state index in [1.165, 1.54) is 0 Å². The molecule has 0 aliphatic rings. The molecule has 1 aromatic heterocycles. The third kappa shape index (κ3) is 4.44. The van der Waals surface area contributed by atoms with Crippen LogP contribution < -0.4 is 11.3 Å². The molecule has 0 saturated carbocycles. The minimum atomic E-state index is -0.00995. The maximum absolute atomic E-state index is 6.18. The number of rotatable bonds is 8. The van der Waals surface area contributed by atoms with E-state index in [4.69, 9.17) is 22.2 Å². The molecule has 3 N–H and O–H groups in total. The fourth-order valence-electron chi connectivity index (χ4n) is 1.57. The first-order chi connectivity index (χ1) is 8.60. The van der Waals surface area contributed by atoms with Crippen LogP contribution in [0.25, 0.3) is 0 Å². The molecule has 0 saturated heterocycles. The number of ether oxygens (including phenoxy) is 1. The van der Waals surface area contributed by atoms with E-state index < -0.39 is 0 Å². The van der Waals surface area contributed by atoms with Crippen molar-refractivity contribution in [1.29, 1.82) is 0 Å². The maximum atomic E-state index is 6.18. The molecule has 0 aliphatic carbocycles. The van der Waals surface area contributed by atoms with Crippen LogP contribution in [0.4, 0.5) is 0 Å². The molecular weight excluding hydrogens is 272 g/mol. The summed E-state index contributed by atoms with van der Waals surface area (Å²) in [5.74, 6) is 6.48. The van der Waals surface area contributed by atoms with Gasteiger partial charge in [0.15, 0.2) is 0 Å². The van der Waals surface area contributed by atoms with Crippen LogP contribution in [-0.4, -0.2) is 34.5 Å². The van der Waals surface area contributed by atoms with Gasteiger partial charge < -0.3 is 4.74 Å². The first kappa shape index (κ1) is 15.8. The van der Waals surface area contributed by atoms with E-state index >= 15 is 0 Å². The first-order valence-electron chi connectivity index (χ1n) is 5.88. The van der Waals surface area contributed by atoms with Crippen LogP contribution in [0.3, 0.4) is 0 Å². The van der Waals surface area contributed by atoms with Crippen molar-refractivity contribution in [1.82, 2.24) is 15.2 Å². The number of aromatic nitrogens is 2. The fraction of sp³-hybridized carbons (Fsp3) is 0.727. The van der Waals surface area contributed by atoms with Crippen LogP contribution >= 0.6 is 23.4 Å². The van der Waals surface area contributed by atoms with Crippen LogP contribution in [0.2, 0.25) is 5.02 Å². The highest BCUT2D eigenvalue weighted by Crippen LogP contribution is 2.26. The third-order valence-corrected chi connectivity index (χ3v) is 3.95. The van der Waals surface area contributed by atoms with Crippen molar-refractivity contribution in [2.24, 2.45) is 5.84 Å². The normalized spacial score (nSPS) is 13.2. The SMILES string of the molecule is COCCn1ncc(Cl)c1C(CSC(C)C)NN. The number of nitrogens with two attached hydrogens (primary N) is 1. The molecule has 0 fully saturated rings. The molecular formula is C11H21ClN4OS. The average molecular weight is 293 g/mol. The highest BCUT2D eigenvalue weighted by molar-refractivity contribution is 7.99. The average Bonchev–Trinajstić information content (AvgIpc) is 2.69. The van der Waals surface area contributed by atoms with Gasteiger partial charge in [0.2, 0.25) is 0 Å². The molecule has 5 nitrogen and oxygen atoms in total. The molecule has 1 atom stereocenters. The number of hydrogen-bond acceptors (Lipinski definition) is 5. The van der Waals surface area contributed by atoms with Gasteiger partial charge in [-0.25, -0.2) is 0 Å². The van der Waals surface area contributed by atoms with Gasteiger partial charge in [-0.2, -0.15) is 16.9 Å². The van der Waals surface area contributed by atoms with Crippen molar-refractivity contribution in [3.05, 3.63) is 16.9 Å². The molecule has 1 unspecified atom stereocenters. The lowest BCUT2D eigenvalue weighted by atomic mass is 10.2. The molecule has 0 spiro atoms. The summed E-state index contributed by atoms with van der Waals surface area (Å²) in [6, 6.07) is -0.00995. The zero-order chi connectivity index (χ0) is 13.5. The van der Waals surface area contributed by atoms with Crippen molar-refractivity contribution >= 4 is 23.4 Å². The summed E-state index contributed by atoms with van der Waals surface area (Å²) in [6.07, 6.45) is 1.65. The van der Waals surface area contributed by atoms with Crippen molar-refractivity contribution < 1.29 is 4.74 Å². The predicted octanol–water partition coefficient (Wildman–Crippen LogP) is 1.83. The molecule has 1 rings (SSSR count). The second-order valence-electron chi connectivity index (χ2n) is 4.20. The highest BCUT2D eigenvalue weighted by atomic mass is 35.5. The minimum Gasteiger partial charge on any atom is -0.383 e. The lowest BCUT2D eigenvalue weighted by Crippen LogP contribution is -2.32. The predicted molar refractivity (Wildman–Crippen MR) is 76.8 cm³/mol. The van der Waals surface area contributed by atoms with Gasteiger partial charge in [0, 0.05) is 12.9 Å². The van der Waals surface area contributed by atoms with E-state index in [1.807, 2.05) is 16.4 Å². The van der Waals surface area contributed by atoms with Gasteiger partial charge in [-0.05, 0) is 5.25 Å². The van der Waals surface area contributed by atoms with Gasteiger partial charge in [-0.15, -0.1) is 0 Å². The zero-order valence-electron chi connectivity index (χ0n) is 11.0. The third-order valence-electron chi connectivity index (χ3n) is 2.47. The number of nitrogens with zero attached hydrogens (tertiary/aromatic N) is 2. The molecule has 0 aliphatic heterocycles. The van der Waals surface area contributed by atoms with E-state index in [-0.39, 0.29) is 6.04 Å². The molecule has 0 amide bonds. The molecule has 1 heterocycles. The van der Waals surface area contributed by atoms with Gasteiger partial charge in [0.1, 0.15) is 0 Å². The van der Waals surface area contributed by atoms with E-state index in [1.54, 1.807) is 13.3 Å². The van der Waals surface area contributed by atoms with Gasteiger partial charge in [-0.3, -0.25) is 16.0 Å². The summed E-state index contributed by atoms with van der Waals surface area (Å²) in [7, 11) is 1.66. The summed E-state index contributed by atoms with van der Waals surface area (Å²) in [4.78, 5) is 0. The summed E-state index contributed by atoms with van der Waals surface area (Å²) in [5.41, 5.74) is 3.73. The van der Waals surface area contributed by atoms with Crippen molar-refractivity contribution in [2.45, 2.75) is 31.7 Å². The van der Waals surface area contributed by atoms with E-state index in [9.17, 15) is 0 Å². The monoisotopic (exact) mass is 292 g/mol. The Labute approximate surface area is 117 Å². The highest BCUT2D eigenvalue weighted by Gasteiger charge is 2.19. The topological polar surface area (TPSA) is 65.1 Å². The van der Waals surface area contributed by atoms with Gasteiger partial charge >= 0.3 is 0 Å². The van der Waals surface area contributed by atoms with Crippen LogP contribution in [0.1, 0.15) is 25.6 Å². The summed E-state index contributed by atoms with van der Waals surface area (Å²) >= 11 is 8.01. The quantitative estimate of drug-likeness (QED) is 0.565. The number of methoxy groups -OCH3 is 1. The summed E-state index contributed by atoms with van der Waals surface area (Å²) < 4.78 is 6.91. The number of hydrogen-bond donors (Lipinski definition) is 2. The van der Waals surface area contributed by atoms with Crippen LogP contribution in [0.5, 0.6) is 0 Å². The number of halogens is 1. The Bertz CT molecular complexity index is 359. The Balaban J connectivity index is 2.79. The molecule has 0 radical (unpaired) electrons. The molecule has 0 bridgehead atoms. The second kappa shape index (κ2) is 8.01. The van der Waals surface area contributed by atoms with Crippen LogP contribution in [-0.2, 0) is 11.3 Å². The Morgan fingerprint density at radius 3 is 2.89 bits per heavy atom. The number of nitrogens with one attached hydrogen (secondary N) is 1. The lowest BCUT2D eigenvalue weighted by Gasteiger charge is -2.19. The Morgan fingerprint density at radius 2 is 2.33 bits per heavy atom. The maximum Gasteiger partial charge on any atom is 0.0835 e. The molecule has 7 heteroatoms. The smallest absolute Gasteiger partial charge is 0.0835 e. The van der Waals surface area contributed by atoms with E-state index in [0.29, 0.717) is 23.4 Å². The van der Waals surface area contributed by atoms with Crippen molar-refractivity contribution in [2.75, 3.05) is 19.5 Å². The Hall–Kier alpha value is -0.270. The second-order valence-corrected chi connectivity index (χ2v) is 6.21. The van der Waals surface area contributed by atoms with Crippen molar-refractivity contribution in [3.63, 3.8) is 0 Å². The summed E-state index contributed by atoms with van der Waals surface area (Å²) in [5, 5.41) is 5.44. The van der Waals surface area contributed by atoms with Crippen molar-refractivity contribution in [3.8, 4) is 0 Å². The first-order valence-corrected chi connectivity index (χ1v) is 7.30. The van der Waals surface area contributed by atoms with Gasteiger partial charge in [0.05, 0.1) is 36.1 Å². The fourth-order valence-corrected chi connectivity index (χ4v) is 2.67. The number of thioether (sulfide) groups is 1. The van der Waals surface area contributed by atoms with Gasteiger partial charge in [-0.1, -0.05) is 25.4 Å². The zero-order valence-corrected chi connectivity index (χ0v) is 12.6. The number of hydrazine groups is 1. The minimum absolute atomic E-state index is 0.00995. The summed E-state index contributed by atoms with van der Waals surface area (Å²) in [6.45, 7) is 5.58. The molecule has 0 aromatic carbocycles. The van der Waals surface area contributed by atoms with E-state index in [2.05, 4.69) is 24.4 Å². The molecule has 1 aromatic rings. The van der Waals surface area contributed by atoms with Crippen LogP contribution in [0.15, 0.2) is 6.20 Å². The Kier molecular flexibility index (Phi) is 7.03. The van der Waals surface area contributed by atoms with E-state index in [0.717, 1.165) is 11.4 Å². The molecule has 18 heavy (non-hydrogen) atoms.